The molecule has 0 radical (unpaired) electrons. The third kappa shape index (κ3) is 6.47. The van der Waals surface area contributed by atoms with E-state index in [9.17, 15) is 13.2 Å². The maximum atomic E-state index is 12.9. The number of benzene rings is 2. The lowest BCUT2D eigenvalue weighted by Crippen LogP contribution is -2.46. The molecule has 0 aliphatic carbocycles. The lowest BCUT2D eigenvalue weighted by Gasteiger charge is -2.35. The topological polar surface area (TPSA) is 81.8 Å². The Morgan fingerprint density at radius 3 is 2.30 bits per heavy atom. The number of carbonyl (C=O) groups excluding carboxylic acids is 1. The minimum absolute atomic E-state index is 0.0620. The van der Waals surface area contributed by atoms with Crippen LogP contribution in [0.25, 0.3) is 0 Å². The maximum absolute atomic E-state index is 12.9. The van der Waals surface area contributed by atoms with Crippen LogP contribution in [0.4, 0.5) is 11.4 Å². The zero-order chi connectivity index (χ0) is 24.4. The van der Waals surface area contributed by atoms with Crippen LogP contribution in [0, 0.1) is 6.92 Å². The Labute approximate surface area is 202 Å². The minimum Gasteiger partial charge on any atom is -0.369 e. The Bertz CT molecular complexity index is 1120. The van der Waals surface area contributed by atoms with Crippen molar-refractivity contribution in [3.8, 4) is 0 Å². The zero-order valence-electron chi connectivity index (χ0n) is 19.9. The predicted octanol–water partition coefficient (Wildman–Crippen LogP) is 4.12. The second kappa shape index (κ2) is 10.0. The van der Waals surface area contributed by atoms with E-state index in [2.05, 4.69) is 32.8 Å². The number of likely N-dealkylation sites (N-methyl/N-ethyl adjacent to an activating group) is 1. The molecule has 33 heavy (non-hydrogen) atoms. The van der Waals surface area contributed by atoms with Crippen molar-refractivity contribution in [2.75, 3.05) is 42.9 Å². The highest BCUT2D eigenvalue weighted by molar-refractivity contribution is 7.89. The first kappa shape index (κ1) is 25.5. The van der Waals surface area contributed by atoms with E-state index in [1.165, 1.54) is 18.2 Å². The molecule has 0 saturated carbocycles. The van der Waals surface area contributed by atoms with Crippen LogP contribution in [-0.4, -0.2) is 57.5 Å². The van der Waals surface area contributed by atoms with Crippen LogP contribution in [0.3, 0.4) is 0 Å². The van der Waals surface area contributed by atoms with Crippen molar-refractivity contribution in [1.29, 1.82) is 0 Å². The number of piperazine rings is 1. The average molecular weight is 493 g/mol. The van der Waals surface area contributed by atoms with Gasteiger partial charge in [0.15, 0.2) is 0 Å². The van der Waals surface area contributed by atoms with Crippen LogP contribution >= 0.6 is 11.6 Å². The summed E-state index contributed by atoms with van der Waals surface area (Å²) in [6.07, 6.45) is 0. The molecule has 2 aromatic rings. The summed E-state index contributed by atoms with van der Waals surface area (Å²) in [5.74, 6) is -0.397. The number of carbonyl (C=O) groups is 1. The molecule has 2 N–H and O–H groups in total. The molecule has 180 valence electrons. The van der Waals surface area contributed by atoms with Crippen LogP contribution in [-0.2, 0) is 10.0 Å². The Morgan fingerprint density at radius 1 is 1.06 bits per heavy atom. The Morgan fingerprint density at radius 2 is 1.73 bits per heavy atom. The lowest BCUT2D eigenvalue weighted by molar-refractivity contribution is 0.102. The Kier molecular flexibility index (Phi) is 7.73. The molecule has 9 heteroatoms. The van der Waals surface area contributed by atoms with Crippen molar-refractivity contribution in [3.63, 3.8) is 0 Å². The number of nitrogens with zero attached hydrogens (tertiary/aromatic N) is 2. The van der Waals surface area contributed by atoms with Crippen LogP contribution in [0.2, 0.25) is 5.02 Å². The molecule has 7 nitrogen and oxygen atoms in total. The molecular weight excluding hydrogens is 460 g/mol. The number of halogens is 1. The van der Waals surface area contributed by atoms with Gasteiger partial charge in [0.1, 0.15) is 4.90 Å². The van der Waals surface area contributed by atoms with Gasteiger partial charge in [-0.15, -0.1) is 0 Å². The molecule has 0 aromatic heterocycles. The fourth-order valence-corrected chi connectivity index (χ4v) is 5.76. The second-order valence-electron chi connectivity index (χ2n) is 9.38. The summed E-state index contributed by atoms with van der Waals surface area (Å²) >= 11 is 6.15. The number of hydrogen-bond acceptors (Lipinski definition) is 5. The molecule has 0 unspecified atom stereocenters. The van der Waals surface area contributed by atoms with Crippen molar-refractivity contribution >= 4 is 38.9 Å². The van der Waals surface area contributed by atoms with E-state index < -0.39 is 21.5 Å². The number of sulfonamides is 1. The summed E-state index contributed by atoms with van der Waals surface area (Å²) < 4.78 is 28.1. The summed E-state index contributed by atoms with van der Waals surface area (Å²) in [5, 5.41) is 2.96. The molecule has 0 bridgehead atoms. The number of aryl methyl sites for hydroxylation is 1. The van der Waals surface area contributed by atoms with E-state index >= 15 is 0 Å². The number of anilines is 2. The van der Waals surface area contributed by atoms with Gasteiger partial charge in [0.2, 0.25) is 10.0 Å². The number of rotatable bonds is 6. The fraction of sp³-hybridized carbons (Fsp3) is 0.458. The van der Waals surface area contributed by atoms with Crippen molar-refractivity contribution in [3.05, 3.63) is 52.5 Å². The maximum Gasteiger partial charge on any atom is 0.255 e. The van der Waals surface area contributed by atoms with Crippen molar-refractivity contribution < 1.29 is 13.2 Å². The van der Waals surface area contributed by atoms with E-state index in [0.717, 1.165) is 44.0 Å². The van der Waals surface area contributed by atoms with Crippen molar-refractivity contribution in [1.82, 2.24) is 9.62 Å². The molecule has 2 aromatic carbocycles. The average Bonchev–Trinajstić information content (AvgIpc) is 2.73. The smallest absolute Gasteiger partial charge is 0.255 e. The van der Waals surface area contributed by atoms with E-state index in [1.807, 2.05) is 19.1 Å². The van der Waals surface area contributed by atoms with Gasteiger partial charge in [-0.1, -0.05) is 18.5 Å². The molecule has 1 aliphatic heterocycles. The van der Waals surface area contributed by atoms with Gasteiger partial charge in [0.25, 0.3) is 5.91 Å². The highest BCUT2D eigenvalue weighted by Gasteiger charge is 2.25. The zero-order valence-corrected chi connectivity index (χ0v) is 21.5. The van der Waals surface area contributed by atoms with Gasteiger partial charge in [0.05, 0.1) is 5.02 Å². The van der Waals surface area contributed by atoms with Gasteiger partial charge in [-0.25, -0.2) is 13.1 Å². The summed E-state index contributed by atoms with van der Waals surface area (Å²) in [5.41, 5.74) is 2.29. The van der Waals surface area contributed by atoms with Crippen LogP contribution < -0.4 is 14.9 Å². The van der Waals surface area contributed by atoms with Gasteiger partial charge >= 0.3 is 0 Å². The van der Waals surface area contributed by atoms with Gasteiger partial charge < -0.3 is 15.1 Å². The van der Waals surface area contributed by atoms with Crippen LogP contribution in [0.5, 0.6) is 0 Å². The monoisotopic (exact) mass is 492 g/mol. The number of hydrogen-bond donors (Lipinski definition) is 2. The molecular formula is C24H33ClN4O3S. The Balaban J connectivity index is 1.76. The minimum atomic E-state index is -3.88. The largest absolute Gasteiger partial charge is 0.369 e. The predicted molar refractivity (Wildman–Crippen MR) is 135 cm³/mol. The van der Waals surface area contributed by atoms with Gasteiger partial charge in [-0.3, -0.25) is 4.79 Å². The first-order valence-corrected chi connectivity index (χ1v) is 13.0. The van der Waals surface area contributed by atoms with Gasteiger partial charge in [0, 0.05) is 48.7 Å². The first-order chi connectivity index (χ1) is 15.4. The van der Waals surface area contributed by atoms with Gasteiger partial charge in [-0.2, -0.15) is 0 Å². The fourth-order valence-electron chi connectivity index (χ4n) is 3.81. The number of nitrogens with one attached hydrogen (secondary N) is 2. The third-order valence-electron chi connectivity index (χ3n) is 5.57. The summed E-state index contributed by atoms with van der Waals surface area (Å²) in [7, 11) is -3.88. The van der Waals surface area contributed by atoms with E-state index in [-0.39, 0.29) is 15.5 Å². The van der Waals surface area contributed by atoms with Crippen molar-refractivity contribution in [2.45, 2.75) is 45.1 Å². The first-order valence-electron chi connectivity index (χ1n) is 11.1. The number of amides is 1. The summed E-state index contributed by atoms with van der Waals surface area (Å²) in [4.78, 5) is 17.6. The molecule has 0 spiro atoms. The SMILES string of the molecule is CCN1CCN(c2ccc(NC(=O)c3ccc(Cl)c(S(=O)(=O)NC(C)(C)C)c3)c(C)c2)CC1. The second-order valence-corrected chi connectivity index (χ2v) is 11.4. The van der Waals surface area contributed by atoms with Crippen molar-refractivity contribution in [2.24, 2.45) is 0 Å². The van der Waals surface area contributed by atoms with E-state index in [1.54, 1.807) is 20.8 Å². The standard InChI is InChI=1S/C24H33ClN4O3S/c1-6-28-11-13-29(14-12-28)19-8-10-21(17(2)15-19)26-23(30)18-7-9-20(25)22(16-18)33(31,32)27-24(3,4)5/h7-10,15-16,27H,6,11-14H2,1-5H3,(H,26,30). The van der Waals surface area contributed by atoms with Crippen LogP contribution in [0.15, 0.2) is 41.3 Å². The highest BCUT2D eigenvalue weighted by atomic mass is 35.5. The summed E-state index contributed by atoms with van der Waals surface area (Å²) in [6, 6.07) is 10.2. The third-order valence-corrected chi connectivity index (χ3v) is 7.81. The molecule has 1 aliphatic rings. The van der Waals surface area contributed by atoms with E-state index in [0.29, 0.717) is 5.69 Å². The lowest BCUT2D eigenvalue weighted by atomic mass is 10.1. The quantitative estimate of drug-likeness (QED) is 0.634. The molecule has 3 rings (SSSR count). The Hall–Kier alpha value is -2.13. The molecule has 1 heterocycles. The molecule has 0 atom stereocenters. The normalized spacial score (nSPS) is 15.5. The molecule has 1 amide bonds. The highest BCUT2D eigenvalue weighted by Crippen LogP contribution is 2.27. The summed E-state index contributed by atoms with van der Waals surface area (Å²) in [6.45, 7) is 14.5. The molecule has 1 fully saturated rings. The van der Waals surface area contributed by atoms with E-state index in [4.69, 9.17) is 11.6 Å². The van der Waals surface area contributed by atoms with Gasteiger partial charge in [-0.05, 0) is 76.2 Å². The molecule has 1 saturated heterocycles. The van der Waals surface area contributed by atoms with Crippen LogP contribution in [0.1, 0.15) is 43.6 Å².